The van der Waals surface area contributed by atoms with Crippen LogP contribution in [0, 0.1) is 12.7 Å². The molecule has 0 saturated carbocycles. The van der Waals surface area contributed by atoms with E-state index in [-0.39, 0.29) is 11.7 Å². The molecule has 3 aromatic heterocycles. The van der Waals surface area contributed by atoms with Crippen molar-refractivity contribution in [1.29, 1.82) is 0 Å². The van der Waals surface area contributed by atoms with E-state index in [1.807, 2.05) is 25.1 Å². The van der Waals surface area contributed by atoms with Crippen LogP contribution in [0.25, 0.3) is 34.0 Å². The van der Waals surface area contributed by atoms with Gasteiger partial charge in [-0.1, -0.05) is 19.9 Å². The maximum Gasteiger partial charge on any atom is 0.140 e. The number of nitrogens with one attached hydrogen (secondary N) is 2. The summed E-state index contributed by atoms with van der Waals surface area (Å²) in [4.78, 5) is 19.9. The van der Waals surface area contributed by atoms with Crippen LogP contribution in [0.2, 0.25) is 0 Å². The molecule has 0 bridgehead atoms. The van der Waals surface area contributed by atoms with Gasteiger partial charge in [-0.15, -0.1) is 0 Å². The molecule has 0 unspecified atom stereocenters. The van der Waals surface area contributed by atoms with Gasteiger partial charge in [0.05, 0.1) is 22.6 Å². The first kappa shape index (κ1) is 17.1. The number of aryl methyl sites for hydroxylation is 1. The second-order valence-electron chi connectivity index (χ2n) is 6.80. The Kier molecular flexibility index (Phi) is 4.32. The average Bonchev–Trinajstić information content (AvgIpc) is 3.32. The summed E-state index contributed by atoms with van der Waals surface area (Å²) in [5, 5.41) is 0. The molecule has 3 heterocycles. The van der Waals surface area contributed by atoms with Crippen molar-refractivity contribution < 1.29 is 4.39 Å². The molecule has 4 rings (SSSR count). The number of halogens is 1. The minimum absolute atomic E-state index is 0.229. The largest absolute Gasteiger partial charge is 0.345 e. The van der Waals surface area contributed by atoms with E-state index in [0.717, 1.165) is 34.2 Å². The lowest BCUT2D eigenvalue weighted by Gasteiger charge is -2.06. The minimum atomic E-state index is -0.330. The molecule has 0 spiro atoms. The molecular weight excluding hydrogens is 341 g/mol. The van der Waals surface area contributed by atoms with Crippen molar-refractivity contribution in [2.45, 2.75) is 26.7 Å². The van der Waals surface area contributed by atoms with E-state index in [0.29, 0.717) is 11.4 Å². The monoisotopic (exact) mass is 361 g/mol. The molecule has 1 aromatic carbocycles. The molecule has 0 radical (unpaired) electrons. The van der Waals surface area contributed by atoms with Crippen LogP contribution in [0.4, 0.5) is 4.39 Å². The normalized spacial score (nSPS) is 11.3. The van der Waals surface area contributed by atoms with E-state index in [1.165, 1.54) is 6.07 Å². The SMILES string of the molecule is Cc1cccc(-c2[nH]c(C(C)C)nc2-c2ccc(F)c(-c3ncc[nH]3)c2)n1. The summed E-state index contributed by atoms with van der Waals surface area (Å²) in [5.41, 5.74) is 4.55. The molecule has 4 aromatic rings. The average molecular weight is 361 g/mol. The quantitative estimate of drug-likeness (QED) is 0.531. The Morgan fingerprint density at radius 2 is 1.93 bits per heavy atom. The predicted molar refractivity (Wildman–Crippen MR) is 104 cm³/mol. The molecule has 2 N–H and O–H groups in total. The van der Waals surface area contributed by atoms with Gasteiger partial charge >= 0.3 is 0 Å². The van der Waals surface area contributed by atoms with Gasteiger partial charge < -0.3 is 9.97 Å². The van der Waals surface area contributed by atoms with E-state index >= 15 is 0 Å². The van der Waals surface area contributed by atoms with Crippen molar-refractivity contribution in [3.63, 3.8) is 0 Å². The van der Waals surface area contributed by atoms with Gasteiger partial charge in [0.1, 0.15) is 17.5 Å². The van der Waals surface area contributed by atoms with Crippen molar-refractivity contribution in [1.82, 2.24) is 24.9 Å². The number of aromatic nitrogens is 5. The summed E-state index contributed by atoms with van der Waals surface area (Å²) in [5.74, 6) is 1.26. The number of pyridine rings is 1. The fourth-order valence-electron chi connectivity index (χ4n) is 3.01. The molecule has 27 heavy (non-hydrogen) atoms. The van der Waals surface area contributed by atoms with Crippen LogP contribution in [-0.2, 0) is 0 Å². The Hall–Kier alpha value is -3.28. The van der Waals surface area contributed by atoms with Crippen molar-refractivity contribution in [2.24, 2.45) is 0 Å². The summed E-state index contributed by atoms with van der Waals surface area (Å²) in [7, 11) is 0. The summed E-state index contributed by atoms with van der Waals surface area (Å²) in [6.07, 6.45) is 3.28. The second kappa shape index (κ2) is 6.79. The maximum atomic E-state index is 14.4. The lowest BCUT2D eigenvalue weighted by atomic mass is 10.0. The number of rotatable bonds is 4. The van der Waals surface area contributed by atoms with Crippen LogP contribution in [0.3, 0.4) is 0 Å². The number of imidazole rings is 2. The maximum absolute atomic E-state index is 14.4. The van der Waals surface area contributed by atoms with Crippen molar-refractivity contribution in [3.8, 4) is 34.0 Å². The van der Waals surface area contributed by atoms with Crippen LogP contribution in [0.5, 0.6) is 0 Å². The summed E-state index contributed by atoms with van der Waals surface area (Å²) < 4.78 is 14.4. The number of hydrogen-bond acceptors (Lipinski definition) is 3. The molecular formula is C21H20FN5. The zero-order valence-corrected chi connectivity index (χ0v) is 15.4. The fourth-order valence-corrected chi connectivity index (χ4v) is 3.01. The highest BCUT2D eigenvalue weighted by molar-refractivity contribution is 5.79. The van der Waals surface area contributed by atoms with Crippen molar-refractivity contribution in [2.75, 3.05) is 0 Å². The molecule has 0 atom stereocenters. The zero-order chi connectivity index (χ0) is 19.0. The standard InChI is InChI=1S/C21H20FN5/c1-12(2)20-26-18(19(27-20)17-6-4-5-13(3)25-17)14-7-8-16(22)15(11-14)21-23-9-10-24-21/h4-12H,1-3H3,(H,23,24)(H,26,27). The molecule has 6 heteroatoms. The van der Waals surface area contributed by atoms with Crippen LogP contribution >= 0.6 is 0 Å². The van der Waals surface area contributed by atoms with Gasteiger partial charge in [0.15, 0.2) is 0 Å². The molecule has 0 amide bonds. The molecule has 5 nitrogen and oxygen atoms in total. The third-order valence-electron chi connectivity index (χ3n) is 4.41. The van der Waals surface area contributed by atoms with Gasteiger partial charge in [0, 0.05) is 29.6 Å². The van der Waals surface area contributed by atoms with Crippen LogP contribution < -0.4 is 0 Å². The van der Waals surface area contributed by atoms with Gasteiger partial charge in [-0.3, -0.25) is 4.98 Å². The zero-order valence-electron chi connectivity index (χ0n) is 15.4. The first-order valence-electron chi connectivity index (χ1n) is 8.86. The van der Waals surface area contributed by atoms with Gasteiger partial charge in [-0.05, 0) is 37.3 Å². The molecule has 0 aliphatic heterocycles. The molecule has 0 aliphatic rings. The highest BCUT2D eigenvalue weighted by Gasteiger charge is 2.19. The summed E-state index contributed by atoms with van der Waals surface area (Å²) >= 11 is 0. The van der Waals surface area contributed by atoms with Gasteiger partial charge in [-0.2, -0.15) is 0 Å². The smallest absolute Gasteiger partial charge is 0.140 e. The first-order chi connectivity index (χ1) is 13.0. The number of aromatic amines is 2. The van der Waals surface area contributed by atoms with E-state index in [1.54, 1.807) is 24.5 Å². The topological polar surface area (TPSA) is 70.2 Å². The van der Waals surface area contributed by atoms with Gasteiger partial charge in [-0.25, -0.2) is 14.4 Å². The van der Waals surface area contributed by atoms with Gasteiger partial charge in [0.2, 0.25) is 0 Å². The van der Waals surface area contributed by atoms with Crippen molar-refractivity contribution >= 4 is 0 Å². The number of benzene rings is 1. The van der Waals surface area contributed by atoms with Crippen LogP contribution in [0.15, 0.2) is 48.8 Å². The second-order valence-corrected chi connectivity index (χ2v) is 6.80. The van der Waals surface area contributed by atoms with E-state index < -0.39 is 0 Å². The highest BCUT2D eigenvalue weighted by atomic mass is 19.1. The molecule has 0 aliphatic carbocycles. The Bertz CT molecular complexity index is 1080. The molecule has 136 valence electrons. The van der Waals surface area contributed by atoms with E-state index in [2.05, 4.69) is 33.8 Å². The lowest BCUT2D eigenvalue weighted by Crippen LogP contribution is -1.92. The minimum Gasteiger partial charge on any atom is -0.345 e. The van der Waals surface area contributed by atoms with Crippen LogP contribution in [-0.4, -0.2) is 24.9 Å². The summed E-state index contributed by atoms with van der Waals surface area (Å²) in [6.45, 7) is 6.11. The van der Waals surface area contributed by atoms with E-state index in [9.17, 15) is 4.39 Å². The lowest BCUT2D eigenvalue weighted by molar-refractivity contribution is 0.630. The summed E-state index contributed by atoms with van der Waals surface area (Å²) in [6, 6.07) is 10.8. The Morgan fingerprint density at radius 1 is 1.07 bits per heavy atom. The number of H-pyrrole nitrogens is 2. The Morgan fingerprint density at radius 3 is 2.63 bits per heavy atom. The Labute approximate surface area is 156 Å². The molecule has 0 saturated heterocycles. The predicted octanol–water partition coefficient (Wildman–Crippen LogP) is 5.10. The number of hydrogen-bond donors (Lipinski definition) is 2. The highest BCUT2D eigenvalue weighted by Crippen LogP contribution is 2.33. The molecule has 0 fully saturated rings. The first-order valence-corrected chi connectivity index (χ1v) is 8.86. The van der Waals surface area contributed by atoms with Crippen molar-refractivity contribution in [3.05, 3.63) is 66.1 Å². The fraction of sp³-hybridized carbons (Fsp3) is 0.190. The third-order valence-corrected chi connectivity index (χ3v) is 4.41. The third kappa shape index (κ3) is 3.26. The number of nitrogens with zero attached hydrogens (tertiary/aromatic N) is 3. The van der Waals surface area contributed by atoms with Crippen LogP contribution in [0.1, 0.15) is 31.3 Å². The van der Waals surface area contributed by atoms with Gasteiger partial charge in [0.25, 0.3) is 0 Å². The van der Waals surface area contributed by atoms with E-state index in [4.69, 9.17) is 4.98 Å². The Balaban J connectivity index is 1.90.